The fourth-order valence-corrected chi connectivity index (χ4v) is 2.25. The molecule has 18 heavy (non-hydrogen) atoms. The highest BCUT2D eigenvalue weighted by molar-refractivity contribution is 6.31. The lowest BCUT2D eigenvalue weighted by molar-refractivity contribution is 0.220. The zero-order valence-corrected chi connectivity index (χ0v) is 11.0. The molecular weight excluding hydrogens is 251 g/mol. The Hall–Kier alpha value is -1.38. The molecular formula is C15H14ClFO. The number of benzene rings is 2. The Labute approximate surface area is 111 Å². The first kappa shape index (κ1) is 13.1. The molecule has 0 fully saturated rings. The van der Waals surface area contributed by atoms with Crippen molar-refractivity contribution in [1.29, 1.82) is 0 Å². The minimum absolute atomic E-state index is 0.231. The lowest BCUT2D eigenvalue weighted by Gasteiger charge is -2.15. The van der Waals surface area contributed by atoms with E-state index >= 15 is 0 Å². The van der Waals surface area contributed by atoms with E-state index in [-0.39, 0.29) is 5.82 Å². The van der Waals surface area contributed by atoms with Gasteiger partial charge in [0.15, 0.2) is 0 Å². The average molecular weight is 265 g/mol. The van der Waals surface area contributed by atoms with E-state index in [0.29, 0.717) is 27.3 Å². The molecule has 2 aromatic rings. The van der Waals surface area contributed by atoms with Gasteiger partial charge < -0.3 is 5.11 Å². The van der Waals surface area contributed by atoms with Gasteiger partial charge in [0.1, 0.15) is 11.9 Å². The predicted octanol–water partition coefficient (Wildman–Crippen LogP) is 4.18. The van der Waals surface area contributed by atoms with Gasteiger partial charge in [0.2, 0.25) is 0 Å². The number of hydrogen-bond donors (Lipinski definition) is 1. The van der Waals surface area contributed by atoms with Gasteiger partial charge in [0.25, 0.3) is 0 Å². The zero-order chi connectivity index (χ0) is 13.3. The molecule has 0 saturated carbocycles. The maximum atomic E-state index is 13.5. The summed E-state index contributed by atoms with van der Waals surface area (Å²) in [5.41, 5.74) is 2.33. The minimum Gasteiger partial charge on any atom is -0.384 e. The number of hydrogen-bond acceptors (Lipinski definition) is 1. The number of aryl methyl sites for hydroxylation is 2. The molecule has 0 aromatic heterocycles. The second-order valence-corrected chi connectivity index (χ2v) is 4.80. The summed E-state index contributed by atoms with van der Waals surface area (Å²) < 4.78 is 13.5. The van der Waals surface area contributed by atoms with E-state index in [0.717, 1.165) is 0 Å². The molecule has 0 bridgehead atoms. The molecule has 0 aliphatic carbocycles. The van der Waals surface area contributed by atoms with E-state index in [4.69, 9.17) is 11.6 Å². The van der Waals surface area contributed by atoms with Crippen LogP contribution in [0.4, 0.5) is 4.39 Å². The van der Waals surface area contributed by atoms with Gasteiger partial charge in [-0.25, -0.2) is 4.39 Å². The van der Waals surface area contributed by atoms with E-state index in [1.807, 2.05) is 6.07 Å². The molecule has 2 rings (SSSR count). The second-order valence-electron chi connectivity index (χ2n) is 4.39. The molecule has 94 valence electrons. The fourth-order valence-electron chi connectivity index (χ4n) is 2.01. The van der Waals surface area contributed by atoms with E-state index in [1.54, 1.807) is 44.2 Å². The second kappa shape index (κ2) is 5.09. The monoisotopic (exact) mass is 264 g/mol. The molecule has 3 heteroatoms. The third-order valence-electron chi connectivity index (χ3n) is 2.97. The third-order valence-corrected chi connectivity index (χ3v) is 3.32. The van der Waals surface area contributed by atoms with Crippen molar-refractivity contribution < 1.29 is 9.50 Å². The van der Waals surface area contributed by atoms with Gasteiger partial charge in [0, 0.05) is 10.6 Å². The normalized spacial score (nSPS) is 12.5. The first-order chi connectivity index (χ1) is 8.50. The molecule has 2 aromatic carbocycles. The van der Waals surface area contributed by atoms with Crippen LogP contribution in [-0.4, -0.2) is 5.11 Å². The van der Waals surface area contributed by atoms with Crippen molar-refractivity contribution in [3.63, 3.8) is 0 Å². The summed E-state index contributed by atoms with van der Waals surface area (Å²) in [7, 11) is 0. The van der Waals surface area contributed by atoms with Gasteiger partial charge in [-0.05, 0) is 36.6 Å². The van der Waals surface area contributed by atoms with Gasteiger partial charge in [0.05, 0.1) is 0 Å². The Bertz CT molecular complexity index is 557. The van der Waals surface area contributed by atoms with E-state index < -0.39 is 6.10 Å². The van der Waals surface area contributed by atoms with Crippen molar-refractivity contribution in [2.75, 3.05) is 0 Å². The van der Waals surface area contributed by atoms with Crippen LogP contribution in [0.5, 0.6) is 0 Å². The van der Waals surface area contributed by atoms with E-state index in [1.165, 1.54) is 0 Å². The summed E-state index contributed by atoms with van der Waals surface area (Å²) in [6, 6.07) is 10.4. The van der Waals surface area contributed by atoms with Crippen LogP contribution in [0.2, 0.25) is 5.02 Å². The Morgan fingerprint density at radius 1 is 1.11 bits per heavy atom. The van der Waals surface area contributed by atoms with E-state index in [2.05, 4.69) is 0 Å². The third kappa shape index (κ3) is 2.40. The van der Waals surface area contributed by atoms with Crippen LogP contribution < -0.4 is 0 Å². The first-order valence-corrected chi connectivity index (χ1v) is 6.07. The van der Waals surface area contributed by atoms with E-state index in [9.17, 15) is 9.50 Å². The van der Waals surface area contributed by atoms with Crippen molar-refractivity contribution in [2.45, 2.75) is 20.0 Å². The van der Waals surface area contributed by atoms with Crippen LogP contribution in [0.3, 0.4) is 0 Å². The van der Waals surface area contributed by atoms with Crippen LogP contribution in [0.15, 0.2) is 36.4 Å². The highest BCUT2D eigenvalue weighted by Crippen LogP contribution is 2.29. The molecule has 0 aliphatic heterocycles. The maximum absolute atomic E-state index is 13.5. The smallest absolute Gasteiger partial charge is 0.129 e. The Balaban J connectivity index is 2.47. The van der Waals surface area contributed by atoms with Gasteiger partial charge >= 0.3 is 0 Å². The molecule has 0 spiro atoms. The predicted molar refractivity (Wildman–Crippen MR) is 71.4 cm³/mol. The summed E-state index contributed by atoms with van der Waals surface area (Å²) in [4.78, 5) is 0. The van der Waals surface area contributed by atoms with Gasteiger partial charge in [-0.1, -0.05) is 41.9 Å². The van der Waals surface area contributed by atoms with Crippen LogP contribution >= 0.6 is 11.6 Å². The van der Waals surface area contributed by atoms with Crippen molar-refractivity contribution in [1.82, 2.24) is 0 Å². The molecule has 1 N–H and O–H groups in total. The molecule has 0 aliphatic rings. The molecule has 1 atom stereocenters. The SMILES string of the molecule is Cc1cc(C(O)c2ccccc2Cl)cc(C)c1F. The molecule has 0 heterocycles. The highest BCUT2D eigenvalue weighted by Gasteiger charge is 2.15. The maximum Gasteiger partial charge on any atom is 0.129 e. The highest BCUT2D eigenvalue weighted by atomic mass is 35.5. The Morgan fingerprint density at radius 2 is 1.67 bits per heavy atom. The fraction of sp³-hybridized carbons (Fsp3) is 0.200. The van der Waals surface area contributed by atoms with Crippen LogP contribution in [-0.2, 0) is 0 Å². The Morgan fingerprint density at radius 3 is 2.22 bits per heavy atom. The lowest BCUT2D eigenvalue weighted by atomic mass is 9.97. The Kier molecular flexibility index (Phi) is 3.69. The van der Waals surface area contributed by atoms with Crippen molar-refractivity contribution in [3.8, 4) is 0 Å². The van der Waals surface area contributed by atoms with Gasteiger partial charge in [-0.3, -0.25) is 0 Å². The number of rotatable bonds is 2. The standard InChI is InChI=1S/C15H14ClFO/c1-9-7-11(8-10(2)14(9)17)15(18)12-5-3-4-6-13(12)16/h3-8,15,18H,1-2H3. The number of halogens is 2. The number of aliphatic hydroxyl groups excluding tert-OH is 1. The molecule has 0 amide bonds. The summed E-state index contributed by atoms with van der Waals surface area (Å²) in [6.07, 6.45) is -0.836. The minimum atomic E-state index is -0.836. The summed E-state index contributed by atoms with van der Waals surface area (Å²) >= 11 is 6.05. The topological polar surface area (TPSA) is 20.2 Å². The van der Waals surface area contributed by atoms with Crippen LogP contribution in [0.1, 0.15) is 28.4 Å². The van der Waals surface area contributed by atoms with Gasteiger partial charge in [-0.2, -0.15) is 0 Å². The first-order valence-electron chi connectivity index (χ1n) is 5.70. The summed E-state index contributed by atoms with van der Waals surface area (Å²) in [6.45, 7) is 3.37. The van der Waals surface area contributed by atoms with Crippen molar-refractivity contribution >= 4 is 11.6 Å². The van der Waals surface area contributed by atoms with Crippen molar-refractivity contribution in [2.24, 2.45) is 0 Å². The molecule has 1 unspecified atom stereocenters. The molecule has 0 saturated heterocycles. The largest absolute Gasteiger partial charge is 0.384 e. The van der Waals surface area contributed by atoms with Crippen LogP contribution in [0, 0.1) is 19.7 Å². The van der Waals surface area contributed by atoms with Gasteiger partial charge in [-0.15, -0.1) is 0 Å². The zero-order valence-electron chi connectivity index (χ0n) is 10.2. The summed E-state index contributed by atoms with van der Waals surface area (Å²) in [5, 5.41) is 10.8. The summed E-state index contributed by atoms with van der Waals surface area (Å²) in [5.74, 6) is -0.231. The average Bonchev–Trinajstić information content (AvgIpc) is 2.35. The molecule has 1 nitrogen and oxygen atoms in total. The van der Waals surface area contributed by atoms with Crippen molar-refractivity contribution in [3.05, 3.63) is 69.5 Å². The van der Waals surface area contributed by atoms with Crippen LogP contribution in [0.25, 0.3) is 0 Å². The quantitative estimate of drug-likeness (QED) is 0.863. The lowest BCUT2D eigenvalue weighted by Crippen LogP contribution is -2.03. The molecule has 0 radical (unpaired) electrons. The number of aliphatic hydroxyl groups is 1.